The number of likely N-dealkylation sites (tertiary alicyclic amines) is 1. The van der Waals surface area contributed by atoms with Crippen LogP contribution in [0.2, 0.25) is 5.02 Å². The standard InChI is InChI=1S/C21H20ClN3O3/c22-16-7-4-8-24-18(16)10-23-20(24)17-9-15-12-27-13-19(15)25(17)21(26)28-11-14-5-2-1-3-6-14/h1-8,10,15,17,19H,9,11-13H2/t15-,17-,19+/m0/s1. The molecule has 2 aromatic heterocycles. The number of hydrogen-bond acceptors (Lipinski definition) is 4. The van der Waals surface area contributed by atoms with Crippen molar-refractivity contribution in [2.24, 2.45) is 5.92 Å². The summed E-state index contributed by atoms with van der Waals surface area (Å²) in [5, 5.41) is 0.640. The first kappa shape index (κ1) is 17.5. The maximum atomic E-state index is 13.1. The molecule has 1 aromatic carbocycles. The van der Waals surface area contributed by atoms with E-state index in [1.807, 2.05) is 58.0 Å². The Hall–Kier alpha value is -2.57. The topological polar surface area (TPSA) is 56.1 Å². The van der Waals surface area contributed by atoms with E-state index in [1.165, 1.54) is 0 Å². The molecule has 3 aromatic rings. The van der Waals surface area contributed by atoms with Gasteiger partial charge in [-0.3, -0.25) is 4.90 Å². The fourth-order valence-electron chi connectivity index (χ4n) is 4.29. The summed E-state index contributed by atoms with van der Waals surface area (Å²) in [5.74, 6) is 1.10. The second-order valence-electron chi connectivity index (χ2n) is 7.29. The lowest BCUT2D eigenvalue weighted by molar-refractivity contribution is 0.0653. The van der Waals surface area contributed by atoms with Crippen LogP contribution in [0.25, 0.3) is 5.52 Å². The van der Waals surface area contributed by atoms with Crippen molar-refractivity contribution in [3.05, 3.63) is 71.3 Å². The Bertz CT molecular complexity index is 1010. The van der Waals surface area contributed by atoms with Crippen molar-refractivity contribution in [2.75, 3.05) is 13.2 Å². The molecule has 4 heterocycles. The lowest BCUT2D eigenvalue weighted by Gasteiger charge is -2.28. The summed E-state index contributed by atoms with van der Waals surface area (Å²) in [6.45, 7) is 1.44. The third kappa shape index (κ3) is 2.93. The molecular weight excluding hydrogens is 378 g/mol. The van der Waals surface area contributed by atoms with Crippen molar-refractivity contribution in [1.29, 1.82) is 0 Å². The van der Waals surface area contributed by atoms with Crippen LogP contribution in [0, 0.1) is 5.92 Å². The van der Waals surface area contributed by atoms with Gasteiger partial charge in [-0.1, -0.05) is 41.9 Å². The van der Waals surface area contributed by atoms with E-state index in [0.717, 1.165) is 23.3 Å². The first-order valence-corrected chi connectivity index (χ1v) is 9.78. The number of ether oxygens (including phenoxy) is 2. The third-order valence-corrected chi connectivity index (χ3v) is 5.97. The van der Waals surface area contributed by atoms with Crippen molar-refractivity contribution in [3.8, 4) is 0 Å². The minimum Gasteiger partial charge on any atom is -0.445 e. The van der Waals surface area contributed by atoms with E-state index in [0.29, 0.717) is 24.2 Å². The van der Waals surface area contributed by atoms with Gasteiger partial charge in [0.05, 0.1) is 42.0 Å². The number of amides is 1. The molecule has 144 valence electrons. The molecular formula is C21H20ClN3O3. The second kappa shape index (κ2) is 7.11. The first-order valence-electron chi connectivity index (χ1n) is 9.40. The number of nitrogens with zero attached hydrogens (tertiary/aromatic N) is 3. The highest BCUT2D eigenvalue weighted by Crippen LogP contribution is 2.43. The lowest BCUT2D eigenvalue weighted by Crippen LogP contribution is -2.40. The van der Waals surface area contributed by atoms with Gasteiger partial charge in [0.1, 0.15) is 12.4 Å². The Balaban J connectivity index is 1.44. The average molecular weight is 398 g/mol. The minimum atomic E-state index is -0.328. The third-order valence-electron chi connectivity index (χ3n) is 5.65. The molecule has 5 rings (SSSR count). The number of imidazole rings is 1. The smallest absolute Gasteiger partial charge is 0.411 e. The van der Waals surface area contributed by atoms with E-state index in [-0.39, 0.29) is 24.8 Å². The predicted molar refractivity (Wildman–Crippen MR) is 104 cm³/mol. The van der Waals surface area contributed by atoms with Crippen LogP contribution >= 0.6 is 11.6 Å². The maximum absolute atomic E-state index is 13.1. The highest BCUT2D eigenvalue weighted by Gasteiger charge is 2.49. The molecule has 0 spiro atoms. The van der Waals surface area contributed by atoms with Gasteiger partial charge in [-0.15, -0.1) is 0 Å². The van der Waals surface area contributed by atoms with Crippen LogP contribution < -0.4 is 0 Å². The highest BCUT2D eigenvalue weighted by atomic mass is 35.5. The van der Waals surface area contributed by atoms with Gasteiger partial charge in [-0.05, 0) is 24.1 Å². The maximum Gasteiger partial charge on any atom is 0.411 e. The average Bonchev–Trinajstić information content (AvgIpc) is 3.41. The van der Waals surface area contributed by atoms with E-state index in [2.05, 4.69) is 4.98 Å². The Morgan fingerprint density at radius 1 is 1.21 bits per heavy atom. The van der Waals surface area contributed by atoms with Gasteiger partial charge in [-0.25, -0.2) is 9.78 Å². The van der Waals surface area contributed by atoms with E-state index in [9.17, 15) is 4.79 Å². The largest absolute Gasteiger partial charge is 0.445 e. The molecule has 2 fully saturated rings. The molecule has 0 N–H and O–H groups in total. The normalized spacial score (nSPS) is 23.9. The monoisotopic (exact) mass is 397 g/mol. The fraction of sp³-hybridized carbons (Fsp3) is 0.333. The molecule has 0 aliphatic carbocycles. The van der Waals surface area contributed by atoms with E-state index < -0.39 is 0 Å². The van der Waals surface area contributed by atoms with Crippen molar-refractivity contribution in [1.82, 2.24) is 14.3 Å². The Morgan fingerprint density at radius 2 is 2.07 bits per heavy atom. The molecule has 0 radical (unpaired) electrons. The second-order valence-corrected chi connectivity index (χ2v) is 7.70. The van der Waals surface area contributed by atoms with Crippen LogP contribution in [0.5, 0.6) is 0 Å². The van der Waals surface area contributed by atoms with E-state index in [4.69, 9.17) is 21.1 Å². The molecule has 3 atom stereocenters. The van der Waals surface area contributed by atoms with Crippen LogP contribution in [-0.4, -0.2) is 39.6 Å². The van der Waals surface area contributed by atoms with Crippen LogP contribution in [0.4, 0.5) is 4.79 Å². The Morgan fingerprint density at radius 3 is 2.93 bits per heavy atom. The van der Waals surface area contributed by atoms with Crippen molar-refractivity contribution in [3.63, 3.8) is 0 Å². The van der Waals surface area contributed by atoms with Crippen molar-refractivity contribution >= 4 is 23.2 Å². The molecule has 1 amide bonds. The number of benzene rings is 1. The summed E-state index contributed by atoms with van der Waals surface area (Å²) >= 11 is 6.30. The summed E-state index contributed by atoms with van der Waals surface area (Å²) in [5.41, 5.74) is 1.80. The number of rotatable bonds is 3. The summed E-state index contributed by atoms with van der Waals surface area (Å²) in [6.07, 6.45) is 4.17. The lowest BCUT2D eigenvalue weighted by atomic mass is 10.0. The number of carbonyl (C=O) groups excluding carboxylic acids is 1. The summed E-state index contributed by atoms with van der Waals surface area (Å²) < 4.78 is 13.2. The molecule has 28 heavy (non-hydrogen) atoms. The predicted octanol–water partition coefficient (Wildman–Crippen LogP) is 4.09. The van der Waals surface area contributed by atoms with Gasteiger partial charge in [0.15, 0.2) is 0 Å². The first-order chi connectivity index (χ1) is 13.7. The summed E-state index contributed by atoms with van der Waals surface area (Å²) in [7, 11) is 0. The zero-order valence-electron chi connectivity index (χ0n) is 15.2. The molecule has 7 heteroatoms. The Kier molecular flexibility index (Phi) is 4.45. The number of carbonyl (C=O) groups is 1. The van der Waals surface area contributed by atoms with Gasteiger partial charge in [-0.2, -0.15) is 0 Å². The van der Waals surface area contributed by atoms with Crippen LogP contribution in [0.1, 0.15) is 23.9 Å². The fourth-order valence-corrected chi connectivity index (χ4v) is 4.50. The van der Waals surface area contributed by atoms with Gasteiger partial charge in [0.2, 0.25) is 0 Å². The zero-order chi connectivity index (χ0) is 19.1. The summed E-state index contributed by atoms with van der Waals surface area (Å²) in [6, 6.07) is 13.3. The summed E-state index contributed by atoms with van der Waals surface area (Å²) in [4.78, 5) is 19.5. The van der Waals surface area contributed by atoms with Gasteiger partial charge >= 0.3 is 6.09 Å². The van der Waals surface area contributed by atoms with Gasteiger partial charge in [0, 0.05) is 12.1 Å². The number of fused-ring (bicyclic) bond motifs is 2. The highest BCUT2D eigenvalue weighted by molar-refractivity contribution is 6.33. The van der Waals surface area contributed by atoms with Crippen LogP contribution in [-0.2, 0) is 16.1 Å². The number of halogens is 1. The molecule has 2 aliphatic heterocycles. The van der Waals surface area contributed by atoms with E-state index in [1.54, 1.807) is 6.20 Å². The number of hydrogen-bond donors (Lipinski definition) is 0. The zero-order valence-corrected chi connectivity index (χ0v) is 16.0. The SMILES string of the molecule is O=C(OCc1ccccc1)N1[C@@H]2COC[C@@H]2C[C@H]1c1ncc2c(Cl)cccn12. The molecule has 2 aliphatic rings. The number of aromatic nitrogens is 2. The van der Waals surface area contributed by atoms with Crippen molar-refractivity contribution < 1.29 is 14.3 Å². The molecule has 0 unspecified atom stereocenters. The van der Waals surface area contributed by atoms with Crippen molar-refractivity contribution in [2.45, 2.75) is 25.1 Å². The quantitative estimate of drug-likeness (QED) is 0.668. The van der Waals surface area contributed by atoms with E-state index >= 15 is 0 Å². The molecule has 2 saturated heterocycles. The van der Waals surface area contributed by atoms with Crippen LogP contribution in [0.15, 0.2) is 54.9 Å². The van der Waals surface area contributed by atoms with Crippen LogP contribution in [0.3, 0.4) is 0 Å². The number of pyridine rings is 1. The molecule has 0 saturated carbocycles. The minimum absolute atomic E-state index is 0.0137. The van der Waals surface area contributed by atoms with Gasteiger partial charge in [0.25, 0.3) is 0 Å². The van der Waals surface area contributed by atoms with Gasteiger partial charge < -0.3 is 13.9 Å². The molecule has 6 nitrogen and oxygen atoms in total. The Labute approximate surface area is 167 Å². The molecule has 0 bridgehead atoms.